The SMILES string of the molecule is CC(=O)CC(C)(C)SCC(N)C(=O)O. The molecule has 0 bridgehead atoms. The van der Waals surface area contributed by atoms with Crippen LogP contribution in [0, 0.1) is 0 Å². The molecule has 1 unspecified atom stereocenters. The lowest BCUT2D eigenvalue weighted by molar-refractivity contribution is -0.137. The van der Waals surface area contributed by atoms with Gasteiger partial charge >= 0.3 is 5.97 Å². The van der Waals surface area contributed by atoms with Crippen LogP contribution in [0.4, 0.5) is 0 Å². The van der Waals surface area contributed by atoms with Crippen LogP contribution in [0.3, 0.4) is 0 Å². The van der Waals surface area contributed by atoms with Gasteiger partial charge in [0.05, 0.1) is 0 Å². The van der Waals surface area contributed by atoms with Crippen molar-refractivity contribution < 1.29 is 14.7 Å². The summed E-state index contributed by atoms with van der Waals surface area (Å²) in [6.45, 7) is 5.35. The Bertz CT molecular complexity index is 228. The molecule has 0 aromatic heterocycles. The van der Waals surface area contributed by atoms with E-state index in [1.807, 2.05) is 13.8 Å². The molecule has 0 aromatic carbocycles. The Labute approximate surface area is 88.2 Å². The van der Waals surface area contributed by atoms with Gasteiger partial charge in [-0.1, -0.05) is 13.8 Å². The van der Waals surface area contributed by atoms with Crippen LogP contribution in [-0.2, 0) is 9.59 Å². The first-order valence-corrected chi connectivity index (χ1v) is 5.35. The van der Waals surface area contributed by atoms with Gasteiger partial charge in [0.25, 0.3) is 0 Å². The molecule has 0 amide bonds. The van der Waals surface area contributed by atoms with Crippen LogP contribution in [0.25, 0.3) is 0 Å². The highest BCUT2D eigenvalue weighted by atomic mass is 32.2. The molecule has 0 saturated heterocycles. The van der Waals surface area contributed by atoms with Gasteiger partial charge in [-0.15, -0.1) is 0 Å². The summed E-state index contributed by atoms with van der Waals surface area (Å²) in [6, 6.07) is -0.855. The summed E-state index contributed by atoms with van der Waals surface area (Å²) in [4.78, 5) is 21.3. The highest BCUT2D eigenvalue weighted by Gasteiger charge is 2.23. The summed E-state index contributed by atoms with van der Waals surface area (Å²) < 4.78 is -0.237. The third-order valence-electron chi connectivity index (χ3n) is 1.65. The van der Waals surface area contributed by atoms with Crippen LogP contribution in [0.5, 0.6) is 0 Å². The molecule has 0 aliphatic carbocycles. The molecule has 0 aliphatic heterocycles. The first kappa shape index (κ1) is 13.4. The third-order valence-corrected chi connectivity index (χ3v) is 3.10. The number of carbonyl (C=O) groups is 2. The molecule has 14 heavy (non-hydrogen) atoms. The second kappa shape index (κ2) is 5.36. The second-order valence-electron chi connectivity index (χ2n) is 3.89. The normalized spacial score (nSPS) is 13.7. The molecule has 0 aliphatic rings. The lowest BCUT2D eigenvalue weighted by atomic mass is 10.1. The van der Waals surface area contributed by atoms with E-state index in [9.17, 15) is 9.59 Å². The van der Waals surface area contributed by atoms with Gasteiger partial charge in [0.15, 0.2) is 0 Å². The van der Waals surface area contributed by atoms with Gasteiger partial charge in [0.1, 0.15) is 11.8 Å². The van der Waals surface area contributed by atoms with Gasteiger partial charge in [-0.25, -0.2) is 0 Å². The fourth-order valence-corrected chi connectivity index (χ4v) is 2.12. The number of ketones is 1. The molecular weight excluding hydrogens is 202 g/mol. The van der Waals surface area contributed by atoms with Crippen LogP contribution >= 0.6 is 11.8 Å². The Hall–Kier alpha value is -0.550. The van der Waals surface area contributed by atoms with E-state index < -0.39 is 12.0 Å². The zero-order chi connectivity index (χ0) is 11.4. The fourth-order valence-electron chi connectivity index (χ4n) is 1.04. The molecule has 5 heteroatoms. The monoisotopic (exact) mass is 219 g/mol. The van der Waals surface area contributed by atoms with Crippen LogP contribution in [0.1, 0.15) is 27.2 Å². The van der Waals surface area contributed by atoms with Crippen molar-refractivity contribution in [3.05, 3.63) is 0 Å². The number of hydrogen-bond donors (Lipinski definition) is 2. The van der Waals surface area contributed by atoms with Gasteiger partial charge < -0.3 is 10.8 Å². The fraction of sp³-hybridized carbons (Fsp3) is 0.778. The van der Waals surface area contributed by atoms with E-state index in [-0.39, 0.29) is 10.5 Å². The number of nitrogens with two attached hydrogens (primary N) is 1. The Kier molecular flexibility index (Phi) is 5.15. The van der Waals surface area contributed by atoms with Gasteiger partial charge in [0.2, 0.25) is 0 Å². The van der Waals surface area contributed by atoms with Crippen molar-refractivity contribution in [2.45, 2.75) is 38.0 Å². The minimum Gasteiger partial charge on any atom is -0.480 e. The molecule has 0 aromatic rings. The first-order valence-electron chi connectivity index (χ1n) is 4.36. The third kappa shape index (κ3) is 5.99. The molecule has 1 atom stereocenters. The van der Waals surface area contributed by atoms with E-state index in [1.54, 1.807) is 0 Å². The Morgan fingerprint density at radius 1 is 1.50 bits per heavy atom. The molecule has 4 nitrogen and oxygen atoms in total. The van der Waals surface area contributed by atoms with Crippen molar-refractivity contribution >= 4 is 23.5 Å². The Balaban J connectivity index is 3.98. The zero-order valence-corrected chi connectivity index (χ0v) is 9.56. The molecule has 3 N–H and O–H groups in total. The summed E-state index contributed by atoms with van der Waals surface area (Å²) in [7, 11) is 0. The summed E-state index contributed by atoms with van der Waals surface area (Å²) in [5.41, 5.74) is 5.35. The number of carboxylic acids is 1. The summed E-state index contributed by atoms with van der Waals surface area (Å²) >= 11 is 1.42. The van der Waals surface area contributed by atoms with Crippen LogP contribution in [-0.4, -0.2) is 33.4 Å². The number of carboxylic acid groups (broad SMARTS) is 1. The number of Topliss-reactive ketones (excluding diaryl/α,β-unsaturated/α-hetero) is 1. The average molecular weight is 219 g/mol. The first-order chi connectivity index (χ1) is 6.24. The van der Waals surface area contributed by atoms with E-state index >= 15 is 0 Å². The maximum atomic E-state index is 10.9. The maximum Gasteiger partial charge on any atom is 0.321 e. The van der Waals surface area contributed by atoms with Crippen molar-refractivity contribution in [1.82, 2.24) is 0 Å². The molecule has 0 heterocycles. The van der Waals surface area contributed by atoms with Crippen molar-refractivity contribution in [3.63, 3.8) is 0 Å². The smallest absolute Gasteiger partial charge is 0.321 e. The lowest BCUT2D eigenvalue weighted by Gasteiger charge is -2.23. The van der Waals surface area contributed by atoms with Gasteiger partial charge in [0, 0.05) is 16.9 Å². The predicted octanol–water partition coefficient (Wildman–Crippen LogP) is 0.889. The molecule has 0 radical (unpaired) electrons. The number of hydrogen-bond acceptors (Lipinski definition) is 4. The number of thioether (sulfide) groups is 1. The van der Waals surface area contributed by atoms with E-state index in [1.165, 1.54) is 18.7 Å². The highest BCUT2D eigenvalue weighted by molar-refractivity contribution is 8.00. The van der Waals surface area contributed by atoms with Crippen LogP contribution in [0.15, 0.2) is 0 Å². The Morgan fingerprint density at radius 2 is 2.00 bits per heavy atom. The van der Waals surface area contributed by atoms with E-state index in [4.69, 9.17) is 10.8 Å². The highest BCUT2D eigenvalue weighted by Crippen LogP contribution is 2.28. The zero-order valence-electron chi connectivity index (χ0n) is 8.74. The molecule has 82 valence electrons. The maximum absolute atomic E-state index is 10.9. The van der Waals surface area contributed by atoms with Crippen LogP contribution < -0.4 is 5.73 Å². The number of aliphatic carboxylic acids is 1. The van der Waals surface area contributed by atoms with Gasteiger partial charge in [-0.3, -0.25) is 9.59 Å². The largest absolute Gasteiger partial charge is 0.480 e. The van der Waals surface area contributed by atoms with Crippen molar-refractivity contribution in [2.75, 3.05) is 5.75 Å². The van der Waals surface area contributed by atoms with E-state index in [0.29, 0.717) is 12.2 Å². The van der Waals surface area contributed by atoms with Crippen LogP contribution in [0.2, 0.25) is 0 Å². The Morgan fingerprint density at radius 3 is 2.36 bits per heavy atom. The summed E-state index contributed by atoms with van der Waals surface area (Å²) in [5.74, 6) is -0.571. The van der Waals surface area contributed by atoms with Crippen molar-refractivity contribution in [3.8, 4) is 0 Å². The number of rotatable bonds is 6. The molecule has 0 rings (SSSR count). The molecular formula is C9H17NO3S. The number of carbonyl (C=O) groups excluding carboxylic acids is 1. The minimum atomic E-state index is -1.00. The molecule has 0 fully saturated rings. The second-order valence-corrected chi connectivity index (χ2v) is 5.62. The van der Waals surface area contributed by atoms with E-state index in [0.717, 1.165) is 0 Å². The minimum absolute atomic E-state index is 0.103. The van der Waals surface area contributed by atoms with Crippen molar-refractivity contribution in [2.24, 2.45) is 5.73 Å². The van der Waals surface area contributed by atoms with Gasteiger partial charge in [-0.2, -0.15) is 11.8 Å². The average Bonchev–Trinajstić information content (AvgIpc) is 1.97. The quantitative estimate of drug-likeness (QED) is 0.693. The summed E-state index contributed by atoms with van der Waals surface area (Å²) in [5, 5.41) is 8.56. The standard InChI is InChI=1S/C9H17NO3S/c1-6(11)4-9(2,3)14-5-7(10)8(12)13/h7H,4-5,10H2,1-3H3,(H,12,13). The van der Waals surface area contributed by atoms with E-state index in [2.05, 4.69) is 0 Å². The van der Waals surface area contributed by atoms with Gasteiger partial charge in [-0.05, 0) is 6.92 Å². The lowest BCUT2D eigenvalue weighted by Crippen LogP contribution is -2.34. The topological polar surface area (TPSA) is 80.4 Å². The predicted molar refractivity (Wildman–Crippen MR) is 57.4 cm³/mol. The van der Waals surface area contributed by atoms with Crippen molar-refractivity contribution in [1.29, 1.82) is 0 Å². The molecule has 0 spiro atoms. The molecule has 0 saturated carbocycles. The summed E-state index contributed by atoms with van der Waals surface area (Å²) in [6.07, 6.45) is 0.435.